The number of aryl methyl sites for hydroxylation is 1. The lowest BCUT2D eigenvalue weighted by Crippen LogP contribution is -2.48. The number of amides is 1. The van der Waals surface area contributed by atoms with Gasteiger partial charge in [-0.25, -0.2) is 4.79 Å². The minimum absolute atomic E-state index is 0.0209. The number of rotatable bonds is 4. The summed E-state index contributed by atoms with van der Waals surface area (Å²) in [5.74, 6) is -0.964. The standard InChI is InChI=1S/C25H22N4O3/c1-2-3-6-15-9-11-16(12-10-15)29-20-14-32-23(30)21(20)25(18(13-26)22(29)27)17-7-4-5-8-19(17)28-24(25)31/h4-5,7-12H,2-3,6,14,27H2,1H3,(H,28,31)/t25-/m0/s1. The highest BCUT2D eigenvalue weighted by Crippen LogP contribution is 2.54. The Balaban J connectivity index is 1.72. The van der Waals surface area contributed by atoms with Gasteiger partial charge in [0.25, 0.3) is 0 Å². The molecule has 5 rings (SSSR count). The summed E-state index contributed by atoms with van der Waals surface area (Å²) in [6, 6.07) is 17.1. The highest BCUT2D eigenvalue weighted by molar-refractivity contribution is 6.18. The fraction of sp³-hybridized carbons (Fsp3) is 0.240. The van der Waals surface area contributed by atoms with E-state index in [0.29, 0.717) is 22.6 Å². The van der Waals surface area contributed by atoms with Crippen LogP contribution in [0, 0.1) is 11.3 Å². The van der Waals surface area contributed by atoms with E-state index in [-0.39, 0.29) is 23.6 Å². The van der Waals surface area contributed by atoms with Crippen molar-refractivity contribution in [2.24, 2.45) is 5.73 Å². The summed E-state index contributed by atoms with van der Waals surface area (Å²) in [7, 11) is 0. The molecule has 2 aromatic rings. The maximum Gasteiger partial charge on any atom is 0.338 e. The second-order valence-corrected chi connectivity index (χ2v) is 8.12. The van der Waals surface area contributed by atoms with Gasteiger partial charge >= 0.3 is 5.97 Å². The van der Waals surface area contributed by atoms with E-state index in [2.05, 4.69) is 18.3 Å². The minimum atomic E-state index is -1.62. The maximum absolute atomic E-state index is 13.4. The monoisotopic (exact) mass is 426 g/mol. The van der Waals surface area contributed by atoms with E-state index in [0.717, 1.165) is 19.3 Å². The molecule has 7 heteroatoms. The van der Waals surface area contributed by atoms with Crippen molar-refractivity contribution in [2.75, 3.05) is 16.8 Å². The van der Waals surface area contributed by atoms with Gasteiger partial charge in [0, 0.05) is 16.9 Å². The van der Waals surface area contributed by atoms with Gasteiger partial charge in [-0.05, 0) is 36.6 Å². The van der Waals surface area contributed by atoms with Crippen molar-refractivity contribution in [3.05, 3.63) is 82.3 Å². The maximum atomic E-state index is 13.4. The number of ether oxygens (including phenoxy) is 1. The molecule has 160 valence electrons. The van der Waals surface area contributed by atoms with Crippen LogP contribution < -0.4 is 16.0 Å². The molecule has 0 unspecified atom stereocenters. The number of cyclic esters (lactones) is 1. The van der Waals surface area contributed by atoms with E-state index in [1.807, 2.05) is 24.3 Å². The van der Waals surface area contributed by atoms with Crippen LogP contribution in [0.3, 0.4) is 0 Å². The second kappa shape index (κ2) is 7.27. The lowest BCUT2D eigenvalue weighted by Gasteiger charge is -2.38. The average molecular weight is 426 g/mol. The first-order chi connectivity index (χ1) is 15.5. The van der Waals surface area contributed by atoms with Crippen LogP contribution >= 0.6 is 0 Å². The Morgan fingerprint density at radius 1 is 1.19 bits per heavy atom. The van der Waals surface area contributed by atoms with Gasteiger partial charge in [0.2, 0.25) is 5.91 Å². The van der Waals surface area contributed by atoms with Gasteiger partial charge in [-0.15, -0.1) is 0 Å². The molecule has 0 aromatic heterocycles. The summed E-state index contributed by atoms with van der Waals surface area (Å²) in [6.07, 6.45) is 3.18. The number of benzene rings is 2. The average Bonchev–Trinajstić information content (AvgIpc) is 3.31. The molecule has 0 saturated carbocycles. The zero-order chi connectivity index (χ0) is 22.5. The number of hydrogen-bond donors (Lipinski definition) is 2. The Morgan fingerprint density at radius 3 is 2.66 bits per heavy atom. The molecule has 0 aliphatic carbocycles. The molecule has 3 N–H and O–H groups in total. The molecule has 3 heterocycles. The van der Waals surface area contributed by atoms with E-state index in [9.17, 15) is 14.9 Å². The van der Waals surface area contributed by atoms with Gasteiger partial charge in [-0.2, -0.15) is 5.26 Å². The van der Waals surface area contributed by atoms with Gasteiger partial charge in [0.05, 0.1) is 16.8 Å². The number of hydrogen-bond acceptors (Lipinski definition) is 6. The van der Waals surface area contributed by atoms with Crippen molar-refractivity contribution in [3.63, 3.8) is 0 Å². The molecule has 2 aromatic carbocycles. The van der Waals surface area contributed by atoms with Crippen molar-refractivity contribution in [1.82, 2.24) is 0 Å². The number of nitrogens with one attached hydrogen (secondary N) is 1. The number of anilines is 2. The molecule has 3 aliphatic heterocycles. The molecule has 0 fully saturated rings. The highest BCUT2D eigenvalue weighted by Gasteiger charge is 2.61. The molecule has 0 saturated heterocycles. The van der Waals surface area contributed by atoms with Crippen molar-refractivity contribution in [2.45, 2.75) is 31.6 Å². The summed E-state index contributed by atoms with van der Waals surface area (Å²) >= 11 is 0. The summed E-state index contributed by atoms with van der Waals surface area (Å²) < 4.78 is 5.39. The van der Waals surface area contributed by atoms with Crippen LogP contribution in [-0.2, 0) is 26.2 Å². The molecule has 3 aliphatic rings. The third-order valence-corrected chi connectivity index (χ3v) is 6.39. The summed E-state index contributed by atoms with van der Waals surface area (Å²) in [5.41, 5.74) is 8.60. The molecular formula is C25H22N4O3. The normalized spacial score (nSPS) is 21.4. The minimum Gasteiger partial charge on any atom is -0.456 e. The quantitative estimate of drug-likeness (QED) is 0.727. The summed E-state index contributed by atoms with van der Waals surface area (Å²) in [6.45, 7) is 2.12. The summed E-state index contributed by atoms with van der Waals surface area (Å²) in [5, 5.41) is 13.0. The van der Waals surface area contributed by atoms with Gasteiger partial charge in [-0.3, -0.25) is 9.69 Å². The van der Waals surface area contributed by atoms with E-state index < -0.39 is 17.3 Å². The van der Waals surface area contributed by atoms with Crippen LogP contribution in [0.1, 0.15) is 30.9 Å². The Kier molecular flexibility index (Phi) is 4.52. The number of nitrogens with zero attached hydrogens (tertiary/aromatic N) is 2. The molecule has 0 bridgehead atoms. The number of esters is 1. The predicted octanol–water partition coefficient (Wildman–Crippen LogP) is 3.24. The summed E-state index contributed by atoms with van der Waals surface area (Å²) in [4.78, 5) is 28.0. The second-order valence-electron chi connectivity index (χ2n) is 8.12. The number of nitrogens with two attached hydrogens (primary N) is 1. The van der Waals surface area contributed by atoms with E-state index in [1.54, 1.807) is 29.2 Å². The number of carbonyl (C=O) groups excluding carboxylic acids is 2. The number of para-hydroxylation sites is 1. The topological polar surface area (TPSA) is 108 Å². The fourth-order valence-electron chi connectivity index (χ4n) is 4.90. The van der Waals surface area contributed by atoms with Crippen LogP contribution in [0.25, 0.3) is 0 Å². The molecule has 32 heavy (non-hydrogen) atoms. The Labute approximate surface area is 185 Å². The third-order valence-electron chi connectivity index (χ3n) is 6.39. The van der Waals surface area contributed by atoms with E-state index in [4.69, 9.17) is 10.5 Å². The van der Waals surface area contributed by atoms with Crippen LogP contribution in [0.2, 0.25) is 0 Å². The van der Waals surface area contributed by atoms with Gasteiger partial charge < -0.3 is 15.8 Å². The van der Waals surface area contributed by atoms with Crippen molar-refractivity contribution in [3.8, 4) is 6.07 Å². The Morgan fingerprint density at radius 2 is 1.94 bits per heavy atom. The van der Waals surface area contributed by atoms with Gasteiger partial charge in [0.1, 0.15) is 23.9 Å². The molecule has 1 amide bonds. The Hall–Kier alpha value is -4.05. The molecule has 1 atom stereocenters. The first-order valence-corrected chi connectivity index (χ1v) is 10.6. The zero-order valence-corrected chi connectivity index (χ0v) is 17.6. The zero-order valence-electron chi connectivity index (χ0n) is 17.6. The first kappa shape index (κ1) is 19.9. The molecule has 0 radical (unpaired) electrons. The van der Waals surface area contributed by atoms with Gasteiger partial charge in [0.15, 0.2) is 0 Å². The lowest BCUT2D eigenvalue weighted by atomic mass is 9.67. The predicted molar refractivity (Wildman–Crippen MR) is 119 cm³/mol. The van der Waals surface area contributed by atoms with Crippen LogP contribution in [-0.4, -0.2) is 18.5 Å². The van der Waals surface area contributed by atoms with Crippen molar-refractivity contribution >= 4 is 23.3 Å². The van der Waals surface area contributed by atoms with E-state index in [1.165, 1.54) is 5.56 Å². The fourth-order valence-corrected chi connectivity index (χ4v) is 4.90. The smallest absolute Gasteiger partial charge is 0.338 e. The Bertz CT molecular complexity index is 1250. The molecular weight excluding hydrogens is 404 g/mol. The SMILES string of the molecule is CCCCc1ccc(N2C(N)=C(C#N)[C@]3(C(=O)Nc4ccccc43)C3=C2COC3=O)cc1. The third kappa shape index (κ3) is 2.53. The molecule has 7 nitrogen and oxygen atoms in total. The number of nitriles is 1. The van der Waals surface area contributed by atoms with Gasteiger partial charge in [-0.1, -0.05) is 43.7 Å². The van der Waals surface area contributed by atoms with E-state index >= 15 is 0 Å². The van der Waals surface area contributed by atoms with Crippen LogP contribution in [0.15, 0.2) is 71.2 Å². The lowest BCUT2D eigenvalue weighted by molar-refractivity contribution is -0.137. The van der Waals surface area contributed by atoms with Crippen LogP contribution in [0.5, 0.6) is 0 Å². The van der Waals surface area contributed by atoms with Crippen LogP contribution in [0.4, 0.5) is 11.4 Å². The first-order valence-electron chi connectivity index (χ1n) is 10.6. The number of fused-ring (bicyclic) bond motifs is 3. The highest BCUT2D eigenvalue weighted by atomic mass is 16.5. The van der Waals surface area contributed by atoms with Crippen molar-refractivity contribution in [1.29, 1.82) is 5.26 Å². The number of unbranched alkanes of at least 4 members (excludes halogenated alkanes) is 1. The van der Waals surface area contributed by atoms with Crippen molar-refractivity contribution < 1.29 is 14.3 Å². The number of carbonyl (C=O) groups is 2. The largest absolute Gasteiger partial charge is 0.456 e. The molecule has 1 spiro atoms.